The zero-order valence-electron chi connectivity index (χ0n) is 12.4. The lowest BCUT2D eigenvalue weighted by atomic mass is 9.86. The average molecular weight is 315 g/mol. The van der Waals surface area contributed by atoms with Gasteiger partial charge in [0, 0.05) is 11.8 Å². The number of methoxy groups -OCH3 is 2. The van der Waals surface area contributed by atoms with E-state index >= 15 is 0 Å². The lowest BCUT2D eigenvalue weighted by Crippen LogP contribution is -2.12. The van der Waals surface area contributed by atoms with Gasteiger partial charge in [0.2, 0.25) is 0 Å². The molecule has 0 spiro atoms. The fourth-order valence-electron chi connectivity index (χ4n) is 2.79. The molecule has 0 aromatic rings. The van der Waals surface area contributed by atoms with Gasteiger partial charge in [-0.2, -0.15) is 0 Å². The number of halogens is 1. The van der Waals surface area contributed by atoms with E-state index in [9.17, 15) is 0 Å². The van der Waals surface area contributed by atoms with E-state index in [1.54, 1.807) is 14.2 Å². The molecule has 0 saturated heterocycles. The average Bonchev–Trinajstić information content (AvgIpc) is 2.67. The van der Waals surface area contributed by atoms with Crippen LogP contribution >= 0.6 is 23.4 Å². The second kappa shape index (κ2) is 7.46. The normalized spacial score (nSPS) is 24.3. The number of rotatable bonds is 5. The molecule has 0 aromatic heterocycles. The lowest BCUT2D eigenvalue weighted by molar-refractivity contribution is 0.215. The van der Waals surface area contributed by atoms with E-state index in [1.807, 2.05) is 11.8 Å². The van der Waals surface area contributed by atoms with Gasteiger partial charge in [-0.1, -0.05) is 6.92 Å². The largest absolute Gasteiger partial charge is 0.493 e. The van der Waals surface area contributed by atoms with Crippen molar-refractivity contribution in [1.29, 1.82) is 0 Å². The molecule has 0 bridgehead atoms. The summed E-state index contributed by atoms with van der Waals surface area (Å²) < 4.78 is 10.9. The van der Waals surface area contributed by atoms with Gasteiger partial charge in [0.15, 0.2) is 11.5 Å². The SMILES string of the molecule is COC1=CC2=C(C(C)CCCl)SCCCC2C=C1OC. The van der Waals surface area contributed by atoms with Crippen molar-refractivity contribution in [1.82, 2.24) is 0 Å². The summed E-state index contributed by atoms with van der Waals surface area (Å²) in [6, 6.07) is 0. The van der Waals surface area contributed by atoms with E-state index in [0.717, 1.165) is 17.9 Å². The molecule has 0 saturated carbocycles. The van der Waals surface area contributed by atoms with Crippen LogP contribution in [0.1, 0.15) is 26.2 Å². The third-order valence-electron chi connectivity index (χ3n) is 3.91. The van der Waals surface area contributed by atoms with Crippen molar-refractivity contribution in [3.05, 3.63) is 34.1 Å². The molecule has 0 aromatic carbocycles. The standard InChI is InChI=1S/C16H23ClO2S/c1-11(6-7-17)16-13-10-15(19-3)14(18-2)9-12(13)5-4-8-20-16/h9-12H,4-8H2,1-3H3. The van der Waals surface area contributed by atoms with E-state index in [1.165, 1.54) is 29.1 Å². The van der Waals surface area contributed by atoms with E-state index < -0.39 is 0 Å². The molecule has 112 valence electrons. The van der Waals surface area contributed by atoms with E-state index in [2.05, 4.69) is 19.1 Å². The summed E-state index contributed by atoms with van der Waals surface area (Å²) in [5.74, 6) is 4.55. The van der Waals surface area contributed by atoms with Crippen molar-refractivity contribution >= 4 is 23.4 Å². The van der Waals surface area contributed by atoms with Crippen molar-refractivity contribution in [3.63, 3.8) is 0 Å². The first-order chi connectivity index (χ1) is 9.71. The smallest absolute Gasteiger partial charge is 0.160 e. The molecule has 0 radical (unpaired) electrons. The highest BCUT2D eigenvalue weighted by molar-refractivity contribution is 8.03. The zero-order chi connectivity index (χ0) is 14.5. The predicted octanol–water partition coefficient (Wildman–Crippen LogP) is 4.72. The van der Waals surface area contributed by atoms with Crippen LogP contribution in [0, 0.1) is 11.8 Å². The molecule has 2 nitrogen and oxygen atoms in total. The molecule has 2 atom stereocenters. The highest BCUT2D eigenvalue weighted by Crippen LogP contribution is 2.42. The minimum Gasteiger partial charge on any atom is -0.493 e. The van der Waals surface area contributed by atoms with Gasteiger partial charge in [-0.3, -0.25) is 0 Å². The topological polar surface area (TPSA) is 18.5 Å². The number of ether oxygens (including phenoxy) is 2. The molecule has 2 rings (SSSR count). The Morgan fingerprint density at radius 2 is 2.10 bits per heavy atom. The fraction of sp³-hybridized carbons (Fsp3) is 0.625. The third kappa shape index (κ3) is 3.37. The lowest BCUT2D eigenvalue weighted by Gasteiger charge is -2.25. The maximum absolute atomic E-state index is 5.93. The number of fused-ring (bicyclic) bond motifs is 1. The highest BCUT2D eigenvalue weighted by Gasteiger charge is 2.27. The van der Waals surface area contributed by atoms with Gasteiger partial charge in [0.1, 0.15) is 0 Å². The molecule has 0 amide bonds. The van der Waals surface area contributed by atoms with Gasteiger partial charge in [0.25, 0.3) is 0 Å². The molecule has 0 fully saturated rings. The van der Waals surface area contributed by atoms with Crippen molar-refractivity contribution in [2.75, 3.05) is 25.9 Å². The Hall–Kier alpha value is -0.540. The minimum atomic E-state index is 0.451. The quantitative estimate of drug-likeness (QED) is 0.684. The van der Waals surface area contributed by atoms with Crippen molar-refractivity contribution < 1.29 is 9.47 Å². The molecule has 1 aliphatic carbocycles. The number of allylic oxidation sites excluding steroid dienone is 4. The van der Waals surface area contributed by atoms with Crippen LogP contribution in [-0.4, -0.2) is 25.9 Å². The Labute approximate surface area is 131 Å². The molecule has 2 aliphatic rings. The minimum absolute atomic E-state index is 0.451. The summed E-state index contributed by atoms with van der Waals surface area (Å²) >= 11 is 7.92. The Morgan fingerprint density at radius 1 is 1.35 bits per heavy atom. The summed E-state index contributed by atoms with van der Waals surface area (Å²) in [7, 11) is 3.40. The van der Waals surface area contributed by atoms with E-state index in [-0.39, 0.29) is 0 Å². The van der Waals surface area contributed by atoms with Gasteiger partial charge in [-0.25, -0.2) is 0 Å². The van der Waals surface area contributed by atoms with Crippen LogP contribution in [0.25, 0.3) is 0 Å². The molecule has 4 heteroatoms. The Bertz CT molecular complexity index is 440. The monoisotopic (exact) mass is 314 g/mol. The van der Waals surface area contributed by atoms with Crippen LogP contribution in [0.5, 0.6) is 0 Å². The van der Waals surface area contributed by atoms with Crippen molar-refractivity contribution in [2.24, 2.45) is 11.8 Å². The first-order valence-electron chi connectivity index (χ1n) is 7.16. The first-order valence-corrected chi connectivity index (χ1v) is 8.68. The van der Waals surface area contributed by atoms with Gasteiger partial charge in [-0.15, -0.1) is 23.4 Å². The zero-order valence-corrected chi connectivity index (χ0v) is 14.0. The Balaban J connectivity index is 2.40. The Morgan fingerprint density at radius 3 is 2.75 bits per heavy atom. The molecule has 2 unspecified atom stereocenters. The summed E-state index contributed by atoms with van der Waals surface area (Å²) in [4.78, 5) is 1.48. The number of alkyl halides is 1. The van der Waals surface area contributed by atoms with Gasteiger partial charge in [-0.05, 0) is 53.6 Å². The van der Waals surface area contributed by atoms with Crippen molar-refractivity contribution in [3.8, 4) is 0 Å². The second-order valence-corrected chi connectivity index (χ2v) is 6.76. The molecular weight excluding hydrogens is 292 g/mol. The fourth-order valence-corrected chi connectivity index (χ4v) is 4.42. The van der Waals surface area contributed by atoms with Gasteiger partial charge < -0.3 is 9.47 Å². The summed E-state index contributed by atoms with van der Waals surface area (Å²) in [5, 5.41) is 0. The van der Waals surface area contributed by atoms with Crippen LogP contribution in [0.3, 0.4) is 0 Å². The van der Waals surface area contributed by atoms with Gasteiger partial charge >= 0.3 is 0 Å². The van der Waals surface area contributed by atoms with Crippen LogP contribution in [0.2, 0.25) is 0 Å². The molecular formula is C16H23ClO2S. The number of thioether (sulfide) groups is 1. The molecule has 0 N–H and O–H groups in total. The molecule has 1 aliphatic heterocycles. The van der Waals surface area contributed by atoms with Crippen molar-refractivity contribution in [2.45, 2.75) is 26.2 Å². The Kier molecular flexibility index (Phi) is 5.91. The molecule has 1 heterocycles. The summed E-state index contributed by atoms with van der Waals surface area (Å²) in [5.41, 5.74) is 1.41. The van der Waals surface area contributed by atoms with Crippen LogP contribution < -0.4 is 0 Å². The van der Waals surface area contributed by atoms with E-state index in [0.29, 0.717) is 17.7 Å². The summed E-state index contributed by atoms with van der Waals surface area (Å²) in [6.07, 6.45) is 7.83. The highest BCUT2D eigenvalue weighted by atomic mass is 35.5. The van der Waals surface area contributed by atoms with Crippen LogP contribution in [0.4, 0.5) is 0 Å². The predicted molar refractivity (Wildman–Crippen MR) is 86.9 cm³/mol. The third-order valence-corrected chi connectivity index (χ3v) is 5.57. The van der Waals surface area contributed by atoms with Crippen LogP contribution in [0.15, 0.2) is 34.1 Å². The van der Waals surface area contributed by atoms with E-state index in [4.69, 9.17) is 21.1 Å². The van der Waals surface area contributed by atoms with Crippen LogP contribution in [-0.2, 0) is 9.47 Å². The van der Waals surface area contributed by atoms with Gasteiger partial charge in [0.05, 0.1) is 14.2 Å². The molecule has 20 heavy (non-hydrogen) atoms. The maximum Gasteiger partial charge on any atom is 0.160 e. The number of hydrogen-bond donors (Lipinski definition) is 0. The number of hydrogen-bond acceptors (Lipinski definition) is 3. The summed E-state index contributed by atoms with van der Waals surface area (Å²) in [6.45, 7) is 2.27. The first kappa shape index (κ1) is 15.8. The second-order valence-electron chi connectivity index (χ2n) is 5.24. The maximum atomic E-state index is 5.93.